The minimum absolute atomic E-state index is 0.152. The first-order valence-corrected chi connectivity index (χ1v) is 12.7. The molecule has 162 valence electrons. The van der Waals surface area contributed by atoms with Crippen molar-refractivity contribution < 1.29 is 17.9 Å². The number of nitrogens with one attached hydrogen (secondary N) is 1. The van der Waals surface area contributed by atoms with Gasteiger partial charge in [0, 0.05) is 0 Å². The Morgan fingerprint density at radius 1 is 1.23 bits per heavy atom. The van der Waals surface area contributed by atoms with Crippen LogP contribution in [0.5, 0.6) is 5.75 Å². The fraction of sp³-hybridized carbons (Fsp3) is 0.250. The lowest BCUT2D eigenvalue weighted by molar-refractivity contribution is -0.122. The molecule has 0 radical (unpaired) electrons. The second-order valence-corrected chi connectivity index (χ2v) is 11.1. The SMILES string of the molecule is CCSc1nnc(NC(=O)[C@@H]2CN(S(=O)(=O)c3ccc(C)cc3)c3ccccc3O2)s1. The van der Waals surface area contributed by atoms with Crippen LogP contribution in [-0.2, 0) is 14.8 Å². The van der Waals surface area contributed by atoms with E-state index in [1.165, 1.54) is 27.4 Å². The van der Waals surface area contributed by atoms with Gasteiger partial charge in [0.25, 0.3) is 15.9 Å². The molecule has 31 heavy (non-hydrogen) atoms. The van der Waals surface area contributed by atoms with E-state index in [4.69, 9.17) is 4.74 Å². The van der Waals surface area contributed by atoms with Gasteiger partial charge in [-0.2, -0.15) is 0 Å². The number of ether oxygens (including phenoxy) is 1. The van der Waals surface area contributed by atoms with E-state index in [-0.39, 0.29) is 11.4 Å². The maximum absolute atomic E-state index is 13.4. The molecule has 3 aromatic rings. The van der Waals surface area contributed by atoms with Crippen molar-refractivity contribution in [3.63, 3.8) is 0 Å². The van der Waals surface area contributed by atoms with E-state index in [1.54, 1.807) is 48.5 Å². The van der Waals surface area contributed by atoms with Gasteiger partial charge in [0.2, 0.25) is 5.13 Å². The number of fused-ring (bicyclic) bond motifs is 1. The van der Waals surface area contributed by atoms with Crippen molar-refractivity contribution in [1.82, 2.24) is 10.2 Å². The van der Waals surface area contributed by atoms with Crippen LogP contribution >= 0.6 is 23.1 Å². The van der Waals surface area contributed by atoms with Crippen molar-refractivity contribution in [2.75, 3.05) is 21.9 Å². The molecule has 0 aliphatic carbocycles. The van der Waals surface area contributed by atoms with Crippen LogP contribution in [0.15, 0.2) is 57.8 Å². The third-order valence-electron chi connectivity index (χ3n) is 4.54. The molecule has 0 spiro atoms. The topological polar surface area (TPSA) is 101 Å². The lowest BCUT2D eigenvalue weighted by Gasteiger charge is -2.34. The highest BCUT2D eigenvalue weighted by Crippen LogP contribution is 2.37. The smallest absolute Gasteiger partial charge is 0.269 e. The molecule has 2 heterocycles. The molecule has 1 amide bonds. The number of thioether (sulfide) groups is 1. The average molecular weight is 477 g/mol. The van der Waals surface area contributed by atoms with Crippen LogP contribution in [0.1, 0.15) is 12.5 Å². The van der Waals surface area contributed by atoms with Crippen LogP contribution in [0.2, 0.25) is 0 Å². The Balaban J connectivity index is 1.62. The van der Waals surface area contributed by atoms with Crippen LogP contribution in [0, 0.1) is 6.92 Å². The van der Waals surface area contributed by atoms with Crippen LogP contribution in [0.3, 0.4) is 0 Å². The molecule has 4 rings (SSSR count). The van der Waals surface area contributed by atoms with E-state index >= 15 is 0 Å². The third kappa shape index (κ3) is 4.53. The van der Waals surface area contributed by atoms with E-state index in [9.17, 15) is 13.2 Å². The number of nitrogens with zero attached hydrogens (tertiary/aromatic N) is 3. The summed E-state index contributed by atoms with van der Waals surface area (Å²) in [6, 6.07) is 13.4. The molecule has 0 fully saturated rings. The van der Waals surface area contributed by atoms with Gasteiger partial charge in [0.1, 0.15) is 5.75 Å². The third-order valence-corrected chi connectivity index (χ3v) is 8.19. The molecule has 1 atom stereocenters. The van der Waals surface area contributed by atoms with Gasteiger partial charge in [-0.1, -0.05) is 59.9 Å². The number of benzene rings is 2. The zero-order valence-electron chi connectivity index (χ0n) is 16.8. The first-order chi connectivity index (χ1) is 14.9. The second-order valence-electron chi connectivity index (χ2n) is 6.72. The molecule has 0 unspecified atom stereocenters. The minimum atomic E-state index is -3.89. The van der Waals surface area contributed by atoms with E-state index in [0.29, 0.717) is 16.6 Å². The maximum Gasteiger partial charge on any atom is 0.269 e. The summed E-state index contributed by atoms with van der Waals surface area (Å²) in [6.45, 7) is 3.73. The highest BCUT2D eigenvalue weighted by atomic mass is 32.2. The summed E-state index contributed by atoms with van der Waals surface area (Å²) >= 11 is 2.79. The van der Waals surface area contributed by atoms with Gasteiger partial charge in [-0.3, -0.25) is 14.4 Å². The second kappa shape index (κ2) is 8.85. The zero-order valence-corrected chi connectivity index (χ0v) is 19.3. The Hall–Kier alpha value is -2.63. The van der Waals surface area contributed by atoms with Gasteiger partial charge in [0.05, 0.1) is 17.1 Å². The maximum atomic E-state index is 13.4. The quantitative estimate of drug-likeness (QED) is 0.429. The van der Waals surface area contributed by atoms with Crippen molar-refractivity contribution >= 4 is 49.8 Å². The first kappa shape index (κ1) is 21.6. The molecule has 8 nitrogen and oxygen atoms in total. The average Bonchev–Trinajstić information content (AvgIpc) is 3.20. The molecular weight excluding hydrogens is 456 g/mol. The molecule has 1 aliphatic heterocycles. The number of hydrogen-bond donors (Lipinski definition) is 1. The molecule has 2 aromatic carbocycles. The molecule has 1 aliphatic rings. The van der Waals surface area contributed by atoms with Gasteiger partial charge in [0.15, 0.2) is 10.4 Å². The van der Waals surface area contributed by atoms with Crippen LogP contribution in [0.25, 0.3) is 0 Å². The summed E-state index contributed by atoms with van der Waals surface area (Å²) in [5.74, 6) is 0.684. The number of sulfonamides is 1. The number of carbonyl (C=O) groups excluding carboxylic acids is 1. The number of rotatable bonds is 6. The van der Waals surface area contributed by atoms with E-state index in [1.807, 2.05) is 13.8 Å². The Kier molecular flexibility index (Phi) is 6.17. The molecule has 0 saturated carbocycles. The Morgan fingerprint density at radius 2 is 1.97 bits per heavy atom. The van der Waals surface area contributed by atoms with Gasteiger partial charge in [-0.05, 0) is 36.9 Å². The lowest BCUT2D eigenvalue weighted by Crippen LogP contribution is -2.48. The fourth-order valence-corrected chi connectivity index (χ4v) is 6.16. The molecular formula is C20H20N4O4S3. The van der Waals surface area contributed by atoms with Crippen molar-refractivity contribution in [2.45, 2.75) is 29.2 Å². The van der Waals surface area contributed by atoms with E-state index in [2.05, 4.69) is 15.5 Å². The monoisotopic (exact) mass is 476 g/mol. The molecule has 0 saturated heterocycles. The van der Waals surface area contributed by atoms with Crippen LogP contribution in [-0.4, -0.2) is 42.9 Å². The highest BCUT2D eigenvalue weighted by Gasteiger charge is 2.37. The molecule has 11 heteroatoms. The predicted octanol–water partition coefficient (Wildman–Crippen LogP) is 3.55. The minimum Gasteiger partial charge on any atom is -0.476 e. The number of anilines is 2. The van der Waals surface area contributed by atoms with Gasteiger partial charge in [-0.25, -0.2) is 8.42 Å². The molecule has 1 aromatic heterocycles. The number of para-hydroxylation sites is 2. The molecule has 1 N–H and O–H groups in total. The number of hydrogen-bond acceptors (Lipinski definition) is 8. The van der Waals surface area contributed by atoms with Gasteiger partial charge in [-0.15, -0.1) is 10.2 Å². The van der Waals surface area contributed by atoms with Crippen molar-refractivity contribution in [1.29, 1.82) is 0 Å². The van der Waals surface area contributed by atoms with Crippen molar-refractivity contribution in [3.8, 4) is 5.75 Å². The Bertz CT molecular complexity index is 1200. The van der Waals surface area contributed by atoms with Gasteiger partial charge >= 0.3 is 0 Å². The van der Waals surface area contributed by atoms with Gasteiger partial charge < -0.3 is 4.74 Å². The standard InChI is InChI=1S/C20H20N4O4S3/c1-3-29-20-23-22-19(30-20)21-18(25)17-12-24(15-6-4-5-7-16(15)28-17)31(26,27)14-10-8-13(2)9-11-14/h4-11,17H,3,12H2,1-2H3,(H,21,22,25)/t17-/m0/s1. The lowest BCUT2D eigenvalue weighted by atomic mass is 10.2. The fourth-order valence-electron chi connectivity index (χ4n) is 3.03. The summed E-state index contributed by atoms with van der Waals surface area (Å²) in [5.41, 5.74) is 1.35. The normalized spacial score (nSPS) is 15.8. The first-order valence-electron chi connectivity index (χ1n) is 9.50. The summed E-state index contributed by atoms with van der Waals surface area (Å²) in [5, 5.41) is 11.0. The largest absolute Gasteiger partial charge is 0.476 e. The summed E-state index contributed by atoms with van der Waals surface area (Å²) in [7, 11) is -3.89. The zero-order chi connectivity index (χ0) is 22.0. The summed E-state index contributed by atoms with van der Waals surface area (Å²) in [4.78, 5) is 13.0. The van der Waals surface area contributed by atoms with E-state index in [0.717, 1.165) is 15.7 Å². The number of amides is 1. The Morgan fingerprint density at radius 3 is 2.71 bits per heavy atom. The predicted molar refractivity (Wildman–Crippen MR) is 122 cm³/mol. The number of aromatic nitrogens is 2. The van der Waals surface area contributed by atoms with Crippen LogP contribution < -0.4 is 14.4 Å². The van der Waals surface area contributed by atoms with E-state index < -0.39 is 22.0 Å². The highest BCUT2D eigenvalue weighted by molar-refractivity contribution is 8.01. The number of aryl methyl sites for hydroxylation is 1. The summed E-state index contributed by atoms with van der Waals surface area (Å²) in [6.07, 6.45) is -1.04. The Labute approximate surface area is 188 Å². The van der Waals surface area contributed by atoms with Crippen LogP contribution in [0.4, 0.5) is 10.8 Å². The van der Waals surface area contributed by atoms with Crippen molar-refractivity contribution in [2.24, 2.45) is 0 Å². The van der Waals surface area contributed by atoms with Crippen molar-refractivity contribution in [3.05, 3.63) is 54.1 Å². The number of carbonyl (C=O) groups is 1. The molecule has 0 bridgehead atoms. The summed E-state index contributed by atoms with van der Waals surface area (Å²) < 4.78 is 34.6.